The maximum absolute atomic E-state index is 12.5. The Morgan fingerprint density at radius 1 is 1.03 bits per heavy atom. The Balaban J connectivity index is 1.30. The summed E-state index contributed by atoms with van der Waals surface area (Å²) in [6, 6.07) is 9.66. The average molecular weight is 424 g/mol. The van der Waals surface area contributed by atoms with Crippen LogP contribution in [0, 0.1) is 13.8 Å². The van der Waals surface area contributed by atoms with Crippen LogP contribution in [0.1, 0.15) is 22.0 Å². The monoisotopic (exact) mass is 424 g/mol. The molecule has 3 heterocycles. The Bertz CT molecular complexity index is 1100. The molecule has 0 unspecified atom stereocenters. The lowest BCUT2D eigenvalue weighted by atomic mass is 10.2. The van der Waals surface area contributed by atoms with Crippen molar-refractivity contribution in [3.63, 3.8) is 0 Å². The average Bonchev–Trinajstić information content (AvgIpc) is 3.22. The molecule has 1 aliphatic heterocycles. The van der Waals surface area contributed by atoms with Gasteiger partial charge in [-0.05, 0) is 44.2 Å². The minimum Gasteiger partial charge on any atom is -0.497 e. The molecule has 0 aliphatic carbocycles. The highest BCUT2D eigenvalue weighted by Crippen LogP contribution is 2.20. The van der Waals surface area contributed by atoms with E-state index in [4.69, 9.17) is 9.47 Å². The summed E-state index contributed by atoms with van der Waals surface area (Å²) in [5, 5.41) is 4.13. The summed E-state index contributed by atoms with van der Waals surface area (Å²) in [6.07, 6.45) is 0. The fraction of sp³-hybridized carbons (Fsp3) is 0.381. The van der Waals surface area contributed by atoms with Crippen molar-refractivity contribution < 1.29 is 19.1 Å². The molecule has 1 aliphatic rings. The standard InChI is InChI=1S/C21H24N6O4/c1-14-12-15(2)27-21(22-14)23-19(24-27)20(29)31-13-18(28)26-10-8-25(9-11-26)16-4-6-17(30-3)7-5-16/h4-7,12H,8-11,13H2,1-3H3. The van der Waals surface area contributed by atoms with Crippen molar-refractivity contribution in [2.24, 2.45) is 0 Å². The number of piperazine rings is 1. The fourth-order valence-electron chi connectivity index (χ4n) is 3.54. The van der Waals surface area contributed by atoms with E-state index < -0.39 is 5.97 Å². The molecule has 0 N–H and O–H groups in total. The Kier molecular flexibility index (Phi) is 5.70. The normalized spacial score (nSPS) is 14.0. The van der Waals surface area contributed by atoms with E-state index in [-0.39, 0.29) is 18.3 Å². The summed E-state index contributed by atoms with van der Waals surface area (Å²) >= 11 is 0. The van der Waals surface area contributed by atoms with Crippen LogP contribution in [0.2, 0.25) is 0 Å². The van der Waals surface area contributed by atoms with Gasteiger partial charge in [0.2, 0.25) is 0 Å². The quantitative estimate of drug-likeness (QED) is 0.564. The zero-order chi connectivity index (χ0) is 22.0. The number of amides is 1. The third-order valence-electron chi connectivity index (χ3n) is 5.20. The van der Waals surface area contributed by atoms with Gasteiger partial charge in [0, 0.05) is 43.3 Å². The van der Waals surface area contributed by atoms with Crippen LogP contribution in [-0.2, 0) is 9.53 Å². The molecule has 31 heavy (non-hydrogen) atoms. The molecule has 0 spiro atoms. The van der Waals surface area contributed by atoms with Crippen molar-refractivity contribution in [3.05, 3.63) is 47.5 Å². The minimum absolute atomic E-state index is 0.113. The van der Waals surface area contributed by atoms with Gasteiger partial charge in [0.15, 0.2) is 6.61 Å². The number of fused-ring (bicyclic) bond motifs is 1. The van der Waals surface area contributed by atoms with Crippen molar-refractivity contribution in [2.45, 2.75) is 13.8 Å². The van der Waals surface area contributed by atoms with Gasteiger partial charge in [-0.2, -0.15) is 4.98 Å². The van der Waals surface area contributed by atoms with Crippen LogP contribution in [0.5, 0.6) is 5.75 Å². The van der Waals surface area contributed by atoms with Crippen LogP contribution in [0.3, 0.4) is 0 Å². The summed E-state index contributed by atoms with van der Waals surface area (Å²) < 4.78 is 11.8. The molecule has 10 nitrogen and oxygen atoms in total. The maximum atomic E-state index is 12.5. The number of nitrogens with zero attached hydrogens (tertiary/aromatic N) is 6. The number of ether oxygens (including phenoxy) is 2. The van der Waals surface area contributed by atoms with Crippen molar-refractivity contribution in [1.29, 1.82) is 0 Å². The molecular weight excluding hydrogens is 400 g/mol. The number of rotatable bonds is 5. The van der Waals surface area contributed by atoms with E-state index in [1.807, 2.05) is 44.2 Å². The maximum Gasteiger partial charge on any atom is 0.378 e. The summed E-state index contributed by atoms with van der Waals surface area (Å²) in [5.41, 5.74) is 2.66. The highest BCUT2D eigenvalue weighted by molar-refractivity contribution is 5.88. The van der Waals surface area contributed by atoms with E-state index in [2.05, 4.69) is 20.0 Å². The Morgan fingerprint density at radius 3 is 2.42 bits per heavy atom. The van der Waals surface area contributed by atoms with Crippen LogP contribution in [0.15, 0.2) is 30.3 Å². The minimum atomic E-state index is -0.743. The van der Waals surface area contributed by atoms with Gasteiger partial charge in [0.1, 0.15) is 5.75 Å². The number of hydrogen-bond acceptors (Lipinski definition) is 8. The lowest BCUT2D eigenvalue weighted by molar-refractivity contribution is -0.134. The molecule has 3 aromatic rings. The number of methoxy groups -OCH3 is 1. The Morgan fingerprint density at radius 2 is 1.74 bits per heavy atom. The first kappa shape index (κ1) is 20.6. The van der Waals surface area contributed by atoms with E-state index in [0.717, 1.165) is 22.8 Å². The molecule has 162 valence electrons. The third-order valence-corrected chi connectivity index (χ3v) is 5.20. The predicted molar refractivity (Wildman–Crippen MR) is 112 cm³/mol. The highest BCUT2D eigenvalue weighted by Gasteiger charge is 2.24. The second-order valence-corrected chi connectivity index (χ2v) is 7.33. The van der Waals surface area contributed by atoms with E-state index in [0.29, 0.717) is 32.0 Å². The van der Waals surface area contributed by atoms with Crippen molar-refractivity contribution in [3.8, 4) is 5.75 Å². The van der Waals surface area contributed by atoms with Crippen molar-refractivity contribution in [1.82, 2.24) is 24.5 Å². The Labute approximate surface area is 179 Å². The van der Waals surface area contributed by atoms with Gasteiger partial charge in [-0.25, -0.2) is 14.3 Å². The molecule has 4 rings (SSSR count). The number of carbonyl (C=O) groups excluding carboxylic acids is 2. The smallest absolute Gasteiger partial charge is 0.378 e. The Hall–Kier alpha value is -3.69. The van der Waals surface area contributed by atoms with E-state index in [1.165, 1.54) is 4.52 Å². The lowest BCUT2D eigenvalue weighted by Crippen LogP contribution is -2.49. The van der Waals surface area contributed by atoms with Gasteiger partial charge in [-0.3, -0.25) is 4.79 Å². The van der Waals surface area contributed by atoms with Crippen LogP contribution in [0.25, 0.3) is 5.78 Å². The second kappa shape index (κ2) is 8.58. The lowest BCUT2D eigenvalue weighted by Gasteiger charge is -2.36. The summed E-state index contributed by atoms with van der Waals surface area (Å²) in [6.45, 7) is 5.85. The van der Waals surface area contributed by atoms with Gasteiger partial charge in [-0.15, -0.1) is 5.10 Å². The van der Waals surface area contributed by atoms with Crippen LogP contribution < -0.4 is 9.64 Å². The van der Waals surface area contributed by atoms with Crippen LogP contribution >= 0.6 is 0 Å². The summed E-state index contributed by atoms with van der Waals surface area (Å²) in [5.74, 6) is 0.0359. The molecule has 1 amide bonds. The van der Waals surface area contributed by atoms with Crippen molar-refractivity contribution in [2.75, 3.05) is 44.8 Å². The topological polar surface area (TPSA) is 102 Å². The number of carbonyl (C=O) groups is 2. The SMILES string of the molecule is COc1ccc(N2CCN(C(=O)COC(=O)c3nc4nc(C)cc(C)n4n3)CC2)cc1. The first-order chi connectivity index (χ1) is 14.9. The molecule has 0 bridgehead atoms. The molecule has 0 atom stereocenters. The molecule has 1 saturated heterocycles. The van der Waals surface area contributed by atoms with Crippen LogP contribution in [0.4, 0.5) is 5.69 Å². The second-order valence-electron chi connectivity index (χ2n) is 7.33. The molecule has 1 aromatic carbocycles. The highest BCUT2D eigenvalue weighted by atomic mass is 16.5. The largest absolute Gasteiger partial charge is 0.497 e. The number of aromatic nitrogens is 4. The number of benzene rings is 1. The molecular formula is C21H24N6O4. The zero-order valence-corrected chi connectivity index (χ0v) is 17.7. The predicted octanol–water partition coefficient (Wildman–Crippen LogP) is 1.26. The number of hydrogen-bond donors (Lipinski definition) is 0. The van der Waals surface area contributed by atoms with Gasteiger partial charge >= 0.3 is 5.97 Å². The van der Waals surface area contributed by atoms with Crippen molar-refractivity contribution >= 4 is 23.3 Å². The zero-order valence-electron chi connectivity index (χ0n) is 17.7. The van der Waals surface area contributed by atoms with Gasteiger partial charge < -0.3 is 19.3 Å². The fourth-order valence-corrected chi connectivity index (χ4v) is 3.54. The first-order valence-corrected chi connectivity index (χ1v) is 9.99. The molecule has 2 aromatic heterocycles. The van der Waals surface area contributed by atoms with E-state index >= 15 is 0 Å². The molecule has 10 heteroatoms. The number of anilines is 1. The number of aryl methyl sites for hydroxylation is 2. The first-order valence-electron chi connectivity index (χ1n) is 9.99. The number of esters is 1. The van der Waals surface area contributed by atoms with E-state index in [1.54, 1.807) is 12.0 Å². The van der Waals surface area contributed by atoms with E-state index in [9.17, 15) is 9.59 Å². The molecule has 0 saturated carbocycles. The molecule has 1 fully saturated rings. The summed E-state index contributed by atoms with van der Waals surface area (Å²) in [4.78, 5) is 37.0. The van der Waals surface area contributed by atoms with Gasteiger partial charge in [-0.1, -0.05) is 0 Å². The van der Waals surface area contributed by atoms with Crippen LogP contribution in [-0.4, -0.2) is 76.3 Å². The van der Waals surface area contributed by atoms with Gasteiger partial charge in [0.25, 0.3) is 17.5 Å². The molecule has 0 radical (unpaired) electrons. The summed E-state index contributed by atoms with van der Waals surface area (Å²) in [7, 11) is 1.64. The van der Waals surface area contributed by atoms with Gasteiger partial charge in [0.05, 0.1) is 7.11 Å². The third kappa shape index (κ3) is 4.42.